The summed E-state index contributed by atoms with van der Waals surface area (Å²) in [6, 6.07) is 8.66. The van der Waals surface area contributed by atoms with E-state index in [1.807, 2.05) is 6.07 Å². The number of aromatic nitrogens is 1. The average Bonchev–Trinajstić information content (AvgIpc) is 2.62. The minimum absolute atomic E-state index is 0.121. The van der Waals surface area contributed by atoms with Crippen LogP contribution in [0.4, 0.5) is 10.1 Å². The van der Waals surface area contributed by atoms with Crippen LogP contribution in [0.1, 0.15) is 35.2 Å². The Morgan fingerprint density at radius 1 is 1.36 bits per heavy atom. The lowest BCUT2D eigenvalue weighted by Gasteiger charge is -2.16. The van der Waals surface area contributed by atoms with Crippen LogP contribution in [-0.2, 0) is 17.6 Å². The number of rotatable bonds is 4. The maximum Gasteiger partial charge on any atom is 0.234 e. The van der Waals surface area contributed by atoms with E-state index in [0.29, 0.717) is 21.8 Å². The van der Waals surface area contributed by atoms with Crippen molar-refractivity contribution in [3.05, 3.63) is 52.5 Å². The Kier molecular flexibility index (Phi) is 5.34. The van der Waals surface area contributed by atoms with Crippen LogP contribution in [0.15, 0.2) is 29.3 Å². The van der Waals surface area contributed by atoms with Crippen LogP contribution in [0.5, 0.6) is 0 Å². The maximum atomic E-state index is 13.5. The summed E-state index contributed by atoms with van der Waals surface area (Å²) >= 11 is 1.24. The molecule has 1 aliphatic carbocycles. The topological polar surface area (TPSA) is 65.8 Å². The summed E-state index contributed by atoms with van der Waals surface area (Å²) < 4.78 is 13.5. The summed E-state index contributed by atoms with van der Waals surface area (Å²) in [5, 5.41) is 12.6. The largest absolute Gasteiger partial charge is 0.325 e. The molecule has 1 aliphatic rings. The molecule has 0 saturated heterocycles. The van der Waals surface area contributed by atoms with Crippen molar-refractivity contribution in [2.75, 3.05) is 11.1 Å². The third-order valence-corrected chi connectivity index (χ3v) is 5.17. The second-order valence-corrected chi connectivity index (χ2v) is 7.03. The monoisotopic (exact) mass is 355 g/mol. The first kappa shape index (κ1) is 17.4. The lowest BCUT2D eigenvalue weighted by molar-refractivity contribution is -0.113. The van der Waals surface area contributed by atoms with Gasteiger partial charge in [0.2, 0.25) is 5.91 Å². The van der Waals surface area contributed by atoms with Crippen LogP contribution in [0.3, 0.4) is 0 Å². The number of aryl methyl sites for hydroxylation is 3. The number of benzene rings is 1. The molecule has 1 aromatic heterocycles. The zero-order chi connectivity index (χ0) is 17.8. The van der Waals surface area contributed by atoms with Gasteiger partial charge in [-0.15, -0.1) is 0 Å². The normalized spacial score (nSPS) is 13.0. The quantitative estimate of drug-likeness (QED) is 0.842. The number of amides is 1. The van der Waals surface area contributed by atoms with Gasteiger partial charge < -0.3 is 5.32 Å². The van der Waals surface area contributed by atoms with Crippen LogP contribution in [0.2, 0.25) is 0 Å². The van der Waals surface area contributed by atoms with Crippen molar-refractivity contribution in [1.82, 2.24) is 4.98 Å². The molecule has 1 N–H and O–H groups in total. The van der Waals surface area contributed by atoms with Gasteiger partial charge in [-0.3, -0.25) is 4.79 Å². The van der Waals surface area contributed by atoms with Gasteiger partial charge in [0.05, 0.1) is 11.3 Å². The van der Waals surface area contributed by atoms with Gasteiger partial charge in [-0.05, 0) is 61.9 Å². The molecule has 1 aromatic carbocycles. The molecule has 6 heteroatoms. The molecule has 2 aromatic rings. The molecule has 1 amide bonds. The van der Waals surface area contributed by atoms with E-state index in [2.05, 4.69) is 16.4 Å². The second kappa shape index (κ2) is 7.66. The molecule has 0 aliphatic heterocycles. The molecule has 128 valence electrons. The number of nitriles is 1. The standard InChI is InChI=1S/C19H18FN3OS/c1-12-6-7-15(9-16(12)20)22-18(24)11-25-19-14(10-21)8-13-4-2-3-5-17(13)23-19/h6-9H,2-5,11H2,1H3,(H,22,24). The average molecular weight is 355 g/mol. The highest BCUT2D eigenvalue weighted by molar-refractivity contribution is 8.00. The SMILES string of the molecule is Cc1ccc(NC(=O)CSc2nc3c(cc2C#N)CCCC3)cc1F. The van der Waals surface area contributed by atoms with Crippen molar-refractivity contribution in [1.29, 1.82) is 5.26 Å². The Hall–Kier alpha value is -2.39. The summed E-state index contributed by atoms with van der Waals surface area (Å²) in [4.78, 5) is 16.7. The van der Waals surface area contributed by atoms with E-state index in [9.17, 15) is 14.4 Å². The third-order valence-electron chi connectivity index (χ3n) is 4.18. The Balaban J connectivity index is 1.67. The maximum absolute atomic E-state index is 13.5. The summed E-state index contributed by atoms with van der Waals surface area (Å²) in [7, 11) is 0. The Morgan fingerprint density at radius 3 is 2.92 bits per heavy atom. The number of carbonyl (C=O) groups is 1. The molecule has 0 unspecified atom stereocenters. The summed E-state index contributed by atoms with van der Waals surface area (Å²) in [5.41, 5.74) is 3.65. The van der Waals surface area contributed by atoms with Crippen molar-refractivity contribution in [3.63, 3.8) is 0 Å². The summed E-state index contributed by atoms with van der Waals surface area (Å²) in [5.74, 6) is -0.485. The van der Waals surface area contributed by atoms with Crippen molar-refractivity contribution in [2.45, 2.75) is 37.6 Å². The predicted molar refractivity (Wildman–Crippen MR) is 96.1 cm³/mol. The van der Waals surface area contributed by atoms with Gasteiger partial charge >= 0.3 is 0 Å². The number of nitrogens with one attached hydrogen (secondary N) is 1. The minimum Gasteiger partial charge on any atom is -0.325 e. The third kappa shape index (κ3) is 4.18. The predicted octanol–water partition coefficient (Wildman–Crippen LogP) is 4.01. The molecular weight excluding hydrogens is 337 g/mol. The molecule has 0 bridgehead atoms. The highest BCUT2D eigenvalue weighted by Crippen LogP contribution is 2.27. The van der Waals surface area contributed by atoms with Crippen molar-refractivity contribution >= 4 is 23.4 Å². The van der Waals surface area contributed by atoms with Gasteiger partial charge in [0.15, 0.2) is 0 Å². The number of pyridine rings is 1. The van der Waals surface area contributed by atoms with E-state index in [1.54, 1.807) is 19.1 Å². The van der Waals surface area contributed by atoms with Crippen molar-refractivity contribution in [2.24, 2.45) is 0 Å². The number of nitrogens with zero attached hydrogens (tertiary/aromatic N) is 2. The van der Waals surface area contributed by atoms with Gasteiger partial charge in [-0.1, -0.05) is 17.8 Å². The van der Waals surface area contributed by atoms with Crippen LogP contribution >= 0.6 is 11.8 Å². The van der Waals surface area contributed by atoms with Gasteiger partial charge in [0.1, 0.15) is 16.9 Å². The zero-order valence-corrected chi connectivity index (χ0v) is 14.8. The molecule has 4 nitrogen and oxygen atoms in total. The number of hydrogen-bond donors (Lipinski definition) is 1. The number of halogens is 1. The van der Waals surface area contributed by atoms with Gasteiger partial charge in [-0.25, -0.2) is 9.37 Å². The lowest BCUT2D eigenvalue weighted by Crippen LogP contribution is -2.15. The van der Waals surface area contributed by atoms with E-state index in [4.69, 9.17) is 0 Å². The summed E-state index contributed by atoms with van der Waals surface area (Å²) in [6.07, 6.45) is 4.11. The lowest BCUT2D eigenvalue weighted by atomic mass is 9.95. The highest BCUT2D eigenvalue weighted by Gasteiger charge is 2.16. The fourth-order valence-corrected chi connectivity index (χ4v) is 3.58. The fourth-order valence-electron chi connectivity index (χ4n) is 2.81. The number of thioether (sulfide) groups is 1. The molecule has 1 heterocycles. The van der Waals surface area contributed by atoms with E-state index in [-0.39, 0.29) is 17.5 Å². The number of hydrogen-bond acceptors (Lipinski definition) is 4. The van der Waals surface area contributed by atoms with Crippen molar-refractivity contribution in [3.8, 4) is 6.07 Å². The fraction of sp³-hybridized carbons (Fsp3) is 0.316. The highest BCUT2D eigenvalue weighted by atomic mass is 32.2. The van der Waals surface area contributed by atoms with E-state index >= 15 is 0 Å². The number of carbonyl (C=O) groups excluding carboxylic acids is 1. The van der Waals surface area contributed by atoms with Crippen LogP contribution < -0.4 is 5.32 Å². The second-order valence-electron chi connectivity index (χ2n) is 6.07. The Labute approximate surface area is 150 Å². The molecule has 0 spiro atoms. The van der Waals surface area contributed by atoms with E-state index in [0.717, 1.165) is 36.9 Å². The molecular formula is C19H18FN3OS. The van der Waals surface area contributed by atoms with E-state index < -0.39 is 0 Å². The van der Waals surface area contributed by atoms with Crippen LogP contribution in [-0.4, -0.2) is 16.6 Å². The van der Waals surface area contributed by atoms with Gasteiger partial charge in [0.25, 0.3) is 0 Å². The number of anilines is 1. The van der Waals surface area contributed by atoms with Gasteiger partial charge in [0, 0.05) is 11.4 Å². The van der Waals surface area contributed by atoms with E-state index in [1.165, 1.54) is 17.8 Å². The summed E-state index contributed by atoms with van der Waals surface area (Å²) in [6.45, 7) is 1.67. The zero-order valence-electron chi connectivity index (χ0n) is 13.9. The first-order valence-corrected chi connectivity index (χ1v) is 9.17. The molecule has 3 rings (SSSR count). The molecule has 0 saturated carbocycles. The van der Waals surface area contributed by atoms with Gasteiger partial charge in [-0.2, -0.15) is 5.26 Å². The molecule has 25 heavy (non-hydrogen) atoms. The Morgan fingerprint density at radius 2 is 2.16 bits per heavy atom. The minimum atomic E-state index is -0.353. The molecule has 0 atom stereocenters. The van der Waals surface area contributed by atoms with Crippen LogP contribution in [0.25, 0.3) is 0 Å². The molecule has 0 fully saturated rings. The van der Waals surface area contributed by atoms with Crippen LogP contribution in [0, 0.1) is 24.1 Å². The Bertz CT molecular complexity index is 860. The van der Waals surface area contributed by atoms with Crippen molar-refractivity contribution < 1.29 is 9.18 Å². The first-order valence-electron chi connectivity index (χ1n) is 8.18. The first-order chi connectivity index (χ1) is 12.1. The number of fused-ring (bicyclic) bond motifs is 1. The molecule has 0 radical (unpaired) electrons. The smallest absolute Gasteiger partial charge is 0.234 e.